The zero-order valence-electron chi connectivity index (χ0n) is 16.9. The van der Waals surface area contributed by atoms with E-state index in [1.165, 1.54) is 5.56 Å². The summed E-state index contributed by atoms with van der Waals surface area (Å²) in [5, 5.41) is 3.15. The van der Waals surface area contributed by atoms with E-state index in [1.54, 1.807) is 4.57 Å². The van der Waals surface area contributed by atoms with Crippen LogP contribution in [0.5, 0.6) is 0 Å². The standard InChI is InChI=1S/C22H25N3O4/c1-4-5-10-25-19-18(20(26)24-22(25)28)16(17-15(23-19)11-29-21(17)27)14-8-6-13(7-9-14)12(2)3/h6-9,12,16,23H,4-5,10-11H2,1-3H3,(H,24,26,28). The van der Waals surface area contributed by atoms with Crippen molar-refractivity contribution in [3.63, 3.8) is 0 Å². The Hall–Kier alpha value is -3.09. The van der Waals surface area contributed by atoms with Crippen LogP contribution < -0.4 is 16.6 Å². The Labute approximate surface area is 168 Å². The monoisotopic (exact) mass is 395 g/mol. The first kappa shape index (κ1) is 19.2. The molecule has 3 heterocycles. The first-order chi connectivity index (χ1) is 13.9. The highest BCUT2D eigenvalue weighted by atomic mass is 16.5. The van der Waals surface area contributed by atoms with Crippen LogP contribution in [0.3, 0.4) is 0 Å². The molecule has 0 radical (unpaired) electrons. The van der Waals surface area contributed by atoms with Crippen LogP contribution >= 0.6 is 0 Å². The molecular weight excluding hydrogens is 370 g/mol. The van der Waals surface area contributed by atoms with Gasteiger partial charge >= 0.3 is 11.7 Å². The summed E-state index contributed by atoms with van der Waals surface area (Å²) >= 11 is 0. The van der Waals surface area contributed by atoms with Crippen LogP contribution in [0.25, 0.3) is 0 Å². The number of nitrogens with one attached hydrogen (secondary N) is 2. The summed E-state index contributed by atoms with van der Waals surface area (Å²) in [7, 11) is 0. The van der Waals surface area contributed by atoms with Gasteiger partial charge in [-0.3, -0.25) is 14.3 Å². The van der Waals surface area contributed by atoms with E-state index in [-0.39, 0.29) is 6.61 Å². The number of nitrogens with zero attached hydrogens (tertiary/aromatic N) is 1. The van der Waals surface area contributed by atoms with Gasteiger partial charge < -0.3 is 10.1 Å². The first-order valence-electron chi connectivity index (χ1n) is 10.1. The van der Waals surface area contributed by atoms with Crippen LogP contribution in [0.2, 0.25) is 0 Å². The summed E-state index contributed by atoms with van der Waals surface area (Å²) in [4.78, 5) is 40.3. The van der Waals surface area contributed by atoms with Gasteiger partial charge in [0.25, 0.3) is 5.56 Å². The molecule has 1 atom stereocenters. The number of H-pyrrole nitrogens is 1. The lowest BCUT2D eigenvalue weighted by atomic mass is 9.82. The summed E-state index contributed by atoms with van der Waals surface area (Å²) in [6, 6.07) is 7.94. The van der Waals surface area contributed by atoms with Gasteiger partial charge in [0, 0.05) is 6.54 Å². The number of fused-ring (bicyclic) bond motifs is 1. The van der Waals surface area contributed by atoms with Crippen LogP contribution in [0.1, 0.15) is 62.1 Å². The fourth-order valence-corrected chi connectivity index (χ4v) is 4.02. The highest BCUT2D eigenvalue weighted by Gasteiger charge is 2.41. The molecule has 7 nitrogen and oxygen atoms in total. The van der Waals surface area contributed by atoms with E-state index in [4.69, 9.17) is 4.74 Å². The molecule has 0 fully saturated rings. The smallest absolute Gasteiger partial charge is 0.337 e. The van der Waals surface area contributed by atoms with Crippen molar-refractivity contribution in [2.45, 2.75) is 52.0 Å². The number of hydrogen-bond acceptors (Lipinski definition) is 5. The molecule has 0 aliphatic carbocycles. The third-order valence-corrected chi connectivity index (χ3v) is 5.65. The third kappa shape index (κ3) is 3.20. The van der Waals surface area contributed by atoms with E-state index in [0.29, 0.717) is 35.1 Å². The molecule has 152 valence electrons. The number of esters is 1. The Morgan fingerprint density at radius 2 is 1.90 bits per heavy atom. The molecule has 2 aromatic rings. The summed E-state index contributed by atoms with van der Waals surface area (Å²) in [6.07, 6.45) is 1.71. The number of rotatable bonds is 5. The Balaban J connectivity index is 1.94. The molecule has 7 heteroatoms. The number of aromatic amines is 1. The topological polar surface area (TPSA) is 93.2 Å². The number of aromatic nitrogens is 2. The predicted molar refractivity (Wildman–Crippen MR) is 110 cm³/mol. The maximum Gasteiger partial charge on any atom is 0.337 e. The van der Waals surface area contributed by atoms with Gasteiger partial charge in [-0.1, -0.05) is 51.5 Å². The van der Waals surface area contributed by atoms with E-state index in [0.717, 1.165) is 18.4 Å². The van der Waals surface area contributed by atoms with Crippen LogP contribution in [0.4, 0.5) is 5.82 Å². The number of benzene rings is 1. The molecular formula is C22H25N3O4. The van der Waals surface area contributed by atoms with Gasteiger partial charge in [-0.05, 0) is 23.5 Å². The van der Waals surface area contributed by atoms with Gasteiger partial charge in [0.15, 0.2) is 0 Å². The van der Waals surface area contributed by atoms with E-state index in [1.807, 2.05) is 31.2 Å². The minimum atomic E-state index is -0.574. The summed E-state index contributed by atoms with van der Waals surface area (Å²) in [6.45, 7) is 6.86. The van der Waals surface area contributed by atoms with Crippen molar-refractivity contribution in [2.24, 2.45) is 0 Å². The second-order valence-corrected chi connectivity index (χ2v) is 7.87. The molecule has 0 saturated carbocycles. The van der Waals surface area contributed by atoms with Crippen molar-refractivity contribution in [3.8, 4) is 0 Å². The van der Waals surface area contributed by atoms with Crippen molar-refractivity contribution >= 4 is 11.8 Å². The lowest BCUT2D eigenvalue weighted by molar-refractivity contribution is -0.136. The van der Waals surface area contributed by atoms with Crippen LogP contribution in [-0.2, 0) is 16.1 Å². The number of unbranched alkanes of at least 4 members (excludes halogenated alkanes) is 1. The van der Waals surface area contributed by atoms with Gasteiger partial charge in [-0.15, -0.1) is 0 Å². The molecule has 1 unspecified atom stereocenters. The Kier molecular flexibility index (Phi) is 4.90. The predicted octanol–water partition coefficient (Wildman–Crippen LogP) is 2.83. The maximum atomic E-state index is 12.9. The first-order valence-corrected chi connectivity index (χ1v) is 10.1. The number of cyclic esters (lactones) is 1. The maximum absolute atomic E-state index is 12.9. The van der Waals surface area contributed by atoms with Gasteiger partial charge in [-0.25, -0.2) is 9.59 Å². The minimum Gasteiger partial charge on any atom is -0.456 e. The van der Waals surface area contributed by atoms with Crippen molar-refractivity contribution in [1.82, 2.24) is 9.55 Å². The summed E-state index contributed by atoms with van der Waals surface area (Å²) in [5.41, 5.74) is 2.53. The molecule has 0 saturated heterocycles. The Morgan fingerprint density at radius 1 is 1.17 bits per heavy atom. The second-order valence-electron chi connectivity index (χ2n) is 7.87. The number of carbonyl (C=O) groups is 1. The largest absolute Gasteiger partial charge is 0.456 e. The number of carbonyl (C=O) groups excluding carboxylic acids is 1. The highest BCUT2D eigenvalue weighted by molar-refractivity contribution is 5.96. The normalized spacial score (nSPS) is 17.8. The molecule has 0 amide bonds. The quantitative estimate of drug-likeness (QED) is 0.760. The van der Waals surface area contributed by atoms with Crippen LogP contribution in [0, 0.1) is 0 Å². The van der Waals surface area contributed by atoms with E-state index >= 15 is 0 Å². The van der Waals surface area contributed by atoms with Crippen LogP contribution in [-0.4, -0.2) is 22.1 Å². The highest BCUT2D eigenvalue weighted by Crippen LogP contribution is 2.42. The number of anilines is 1. The van der Waals surface area contributed by atoms with Crippen molar-refractivity contribution in [2.75, 3.05) is 11.9 Å². The lowest BCUT2D eigenvalue weighted by Gasteiger charge is -2.28. The average Bonchev–Trinajstić information content (AvgIpc) is 3.07. The van der Waals surface area contributed by atoms with E-state index in [9.17, 15) is 14.4 Å². The molecule has 1 aromatic carbocycles. The molecule has 1 aromatic heterocycles. The van der Waals surface area contributed by atoms with Gasteiger partial charge in [0.05, 0.1) is 22.8 Å². The zero-order chi connectivity index (χ0) is 20.7. The van der Waals surface area contributed by atoms with Crippen molar-refractivity contribution in [3.05, 3.63) is 73.1 Å². The molecule has 0 spiro atoms. The Bertz CT molecular complexity index is 1110. The average molecular weight is 395 g/mol. The molecule has 2 aliphatic rings. The molecule has 2 N–H and O–H groups in total. The van der Waals surface area contributed by atoms with Crippen LogP contribution in [0.15, 0.2) is 45.1 Å². The van der Waals surface area contributed by atoms with Gasteiger partial charge in [0.1, 0.15) is 12.4 Å². The molecule has 0 bridgehead atoms. The number of ether oxygens (including phenoxy) is 1. The molecule has 29 heavy (non-hydrogen) atoms. The summed E-state index contributed by atoms with van der Waals surface area (Å²) < 4.78 is 6.82. The zero-order valence-corrected chi connectivity index (χ0v) is 16.9. The fraction of sp³-hybridized carbons (Fsp3) is 0.409. The fourth-order valence-electron chi connectivity index (χ4n) is 4.02. The lowest BCUT2D eigenvalue weighted by Crippen LogP contribution is -2.38. The van der Waals surface area contributed by atoms with E-state index < -0.39 is 23.1 Å². The minimum absolute atomic E-state index is 0.114. The SMILES string of the molecule is CCCCn1c2c(c(=O)[nH]c1=O)C(c1ccc(C(C)C)cc1)C1=C(COC1=O)N2. The Morgan fingerprint density at radius 3 is 2.55 bits per heavy atom. The summed E-state index contributed by atoms with van der Waals surface area (Å²) in [5.74, 6) is -0.170. The molecule has 4 rings (SSSR count). The van der Waals surface area contributed by atoms with E-state index in [2.05, 4.69) is 24.1 Å². The van der Waals surface area contributed by atoms with Gasteiger partial charge in [-0.2, -0.15) is 0 Å². The number of hydrogen-bond donors (Lipinski definition) is 2. The third-order valence-electron chi connectivity index (χ3n) is 5.65. The molecule has 2 aliphatic heterocycles. The second kappa shape index (κ2) is 7.39. The van der Waals surface area contributed by atoms with Crippen molar-refractivity contribution in [1.29, 1.82) is 0 Å². The van der Waals surface area contributed by atoms with Gasteiger partial charge in [0.2, 0.25) is 0 Å². The van der Waals surface area contributed by atoms with Crippen molar-refractivity contribution < 1.29 is 9.53 Å².